The summed E-state index contributed by atoms with van der Waals surface area (Å²) in [7, 11) is 0. The third-order valence-corrected chi connectivity index (χ3v) is 3.35. The number of fused-ring (bicyclic) bond motifs is 1. The Morgan fingerprint density at radius 2 is 2.05 bits per heavy atom. The number of halogens is 4. The average molecular weight is 300 g/mol. The molecular weight excluding hydrogens is 288 g/mol. The topological polar surface area (TPSA) is 37.0 Å². The Morgan fingerprint density at radius 3 is 2.71 bits per heavy atom. The second-order valence-electron chi connectivity index (χ2n) is 4.74. The molecule has 2 heterocycles. The Labute approximate surface area is 117 Å². The molecular formula is C14H12F4N2O. The van der Waals surface area contributed by atoms with Gasteiger partial charge in [0.05, 0.1) is 5.70 Å². The minimum atomic E-state index is -4.51. The van der Waals surface area contributed by atoms with E-state index in [-0.39, 0.29) is 5.76 Å². The zero-order valence-corrected chi connectivity index (χ0v) is 11.0. The largest absolute Gasteiger partial charge is 0.458 e. The molecule has 1 unspecified atom stereocenters. The van der Waals surface area contributed by atoms with Gasteiger partial charge in [0.15, 0.2) is 5.76 Å². The van der Waals surface area contributed by atoms with Gasteiger partial charge in [-0.15, -0.1) is 0 Å². The SMILES string of the molecule is CCC1=C(c2c[nH]c3ccc(F)cc23)OC(C(F)(F)F)N1. The zero-order chi connectivity index (χ0) is 15.2. The summed E-state index contributed by atoms with van der Waals surface area (Å²) in [6.45, 7) is 1.72. The Morgan fingerprint density at radius 1 is 1.29 bits per heavy atom. The molecule has 1 aliphatic rings. The maximum atomic E-state index is 13.4. The summed E-state index contributed by atoms with van der Waals surface area (Å²) in [4.78, 5) is 2.90. The van der Waals surface area contributed by atoms with Crippen molar-refractivity contribution >= 4 is 16.7 Å². The number of H-pyrrole nitrogens is 1. The standard InChI is InChI=1S/C14H12F4N2O/c1-2-10-12(21-13(20-10)14(16,17)18)9-6-19-11-4-3-7(15)5-8(9)11/h3-6,13,19-20H,2H2,1H3. The number of ether oxygens (including phenoxy) is 1. The Balaban J connectivity index is 2.06. The number of allylic oxidation sites excluding steroid dienone is 1. The highest BCUT2D eigenvalue weighted by molar-refractivity contribution is 5.92. The van der Waals surface area contributed by atoms with Crippen LogP contribution in [0.15, 0.2) is 30.1 Å². The summed E-state index contributed by atoms with van der Waals surface area (Å²) < 4.78 is 56.7. The number of alkyl halides is 3. The van der Waals surface area contributed by atoms with Crippen molar-refractivity contribution in [1.82, 2.24) is 10.3 Å². The lowest BCUT2D eigenvalue weighted by molar-refractivity contribution is -0.203. The van der Waals surface area contributed by atoms with E-state index in [4.69, 9.17) is 4.74 Å². The molecule has 7 heteroatoms. The van der Waals surface area contributed by atoms with Crippen LogP contribution in [0.1, 0.15) is 18.9 Å². The minimum absolute atomic E-state index is 0.108. The summed E-state index contributed by atoms with van der Waals surface area (Å²) in [5.41, 5.74) is 1.40. The first kappa shape index (κ1) is 13.8. The third kappa shape index (κ3) is 2.32. The predicted molar refractivity (Wildman–Crippen MR) is 69.5 cm³/mol. The predicted octanol–water partition coefficient (Wildman–Crippen LogP) is 3.89. The molecule has 1 aliphatic heterocycles. The van der Waals surface area contributed by atoms with Gasteiger partial charge in [0, 0.05) is 22.7 Å². The van der Waals surface area contributed by atoms with Crippen molar-refractivity contribution in [2.75, 3.05) is 0 Å². The van der Waals surface area contributed by atoms with E-state index in [2.05, 4.69) is 10.3 Å². The second-order valence-corrected chi connectivity index (χ2v) is 4.74. The Kier molecular flexibility index (Phi) is 3.07. The van der Waals surface area contributed by atoms with Gasteiger partial charge in [-0.2, -0.15) is 13.2 Å². The van der Waals surface area contributed by atoms with Gasteiger partial charge in [-0.3, -0.25) is 0 Å². The number of hydrogen-bond donors (Lipinski definition) is 2. The summed E-state index contributed by atoms with van der Waals surface area (Å²) >= 11 is 0. The normalized spacial score (nSPS) is 19.0. The van der Waals surface area contributed by atoms with Crippen molar-refractivity contribution in [3.63, 3.8) is 0 Å². The highest BCUT2D eigenvalue weighted by atomic mass is 19.4. The molecule has 3 rings (SSSR count). The van der Waals surface area contributed by atoms with E-state index < -0.39 is 18.2 Å². The van der Waals surface area contributed by atoms with E-state index in [9.17, 15) is 17.6 Å². The molecule has 0 aliphatic carbocycles. The van der Waals surface area contributed by atoms with Gasteiger partial charge in [0.2, 0.25) is 0 Å². The van der Waals surface area contributed by atoms with Crippen LogP contribution < -0.4 is 5.32 Å². The lowest BCUT2D eigenvalue weighted by atomic mass is 10.1. The average Bonchev–Trinajstić information content (AvgIpc) is 3.00. The molecule has 1 aromatic carbocycles. The minimum Gasteiger partial charge on any atom is -0.458 e. The number of nitrogens with one attached hydrogen (secondary N) is 2. The molecule has 0 bridgehead atoms. The molecule has 2 N–H and O–H groups in total. The van der Waals surface area contributed by atoms with Crippen molar-refractivity contribution in [3.8, 4) is 0 Å². The third-order valence-electron chi connectivity index (χ3n) is 3.35. The first-order chi connectivity index (χ1) is 9.90. The number of rotatable bonds is 2. The monoisotopic (exact) mass is 300 g/mol. The smallest absolute Gasteiger partial charge is 0.445 e. The molecule has 3 nitrogen and oxygen atoms in total. The number of benzene rings is 1. The van der Waals surface area contributed by atoms with Crippen molar-refractivity contribution < 1.29 is 22.3 Å². The maximum absolute atomic E-state index is 13.4. The lowest BCUT2D eigenvalue weighted by Crippen LogP contribution is -2.39. The van der Waals surface area contributed by atoms with E-state index in [0.717, 1.165) is 0 Å². The van der Waals surface area contributed by atoms with Crippen molar-refractivity contribution in [2.45, 2.75) is 25.7 Å². The van der Waals surface area contributed by atoms with E-state index in [1.165, 1.54) is 24.4 Å². The summed E-state index contributed by atoms with van der Waals surface area (Å²) in [5, 5.41) is 2.81. The van der Waals surface area contributed by atoms with Crippen LogP contribution in [0.25, 0.3) is 16.7 Å². The lowest BCUT2D eigenvalue weighted by Gasteiger charge is -2.16. The van der Waals surface area contributed by atoms with Gasteiger partial charge in [0.25, 0.3) is 6.23 Å². The van der Waals surface area contributed by atoms with Gasteiger partial charge >= 0.3 is 6.18 Å². The number of aromatic nitrogens is 1. The van der Waals surface area contributed by atoms with Gasteiger partial charge < -0.3 is 15.0 Å². The fraction of sp³-hybridized carbons (Fsp3) is 0.286. The number of hydrogen-bond acceptors (Lipinski definition) is 2. The molecule has 0 radical (unpaired) electrons. The first-order valence-corrected chi connectivity index (χ1v) is 6.40. The molecule has 1 atom stereocenters. The van der Waals surface area contributed by atoms with Crippen LogP contribution in [0, 0.1) is 5.82 Å². The quantitative estimate of drug-likeness (QED) is 0.826. The van der Waals surface area contributed by atoms with Crippen LogP contribution in [0.5, 0.6) is 0 Å². The van der Waals surface area contributed by atoms with Crippen molar-refractivity contribution in [1.29, 1.82) is 0 Å². The van der Waals surface area contributed by atoms with Gasteiger partial charge in [0.1, 0.15) is 5.82 Å². The van der Waals surface area contributed by atoms with Crippen molar-refractivity contribution in [2.24, 2.45) is 0 Å². The molecule has 0 spiro atoms. The molecule has 0 saturated heterocycles. The zero-order valence-electron chi connectivity index (χ0n) is 11.0. The number of aromatic amines is 1. The van der Waals surface area contributed by atoms with E-state index in [1.54, 1.807) is 6.92 Å². The first-order valence-electron chi connectivity index (χ1n) is 6.40. The highest BCUT2D eigenvalue weighted by Gasteiger charge is 2.46. The van der Waals surface area contributed by atoms with Crippen molar-refractivity contribution in [3.05, 3.63) is 41.5 Å². The molecule has 2 aromatic rings. The van der Waals surface area contributed by atoms with E-state index in [1.807, 2.05) is 0 Å². The Bertz CT molecular complexity index is 717. The van der Waals surface area contributed by atoms with Crippen LogP contribution in [0.3, 0.4) is 0 Å². The van der Waals surface area contributed by atoms with E-state index in [0.29, 0.717) is 28.6 Å². The second kappa shape index (κ2) is 4.68. The molecule has 21 heavy (non-hydrogen) atoms. The highest BCUT2D eigenvalue weighted by Crippen LogP contribution is 2.37. The fourth-order valence-corrected chi connectivity index (χ4v) is 2.36. The molecule has 0 amide bonds. The van der Waals surface area contributed by atoms with Crippen LogP contribution in [0.2, 0.25) is 0 Å². The Hall–Kier alpha value is -2.18. The summed E-state index contributed by atoms with van der Waals surface area (Å²) in [5.74, 6) is -0.350. The van der Waals surface area contributed by atoms with Gasteiger partial charge in [-0.05, 0) is 24.6 Å². The maximum Gasteiger partial charge on any atom is 0.445 e. The van der Waals surface area contributed by atoms with Crippen LogP contribution in [0.4, 0.5) is 17.6 Å². The van der Waals surface area contributed by atoms with Gasteiger partial charge in [-0.1, -0.05) is 6.92 Å². The van der Waals surface area contributed by atoms with Crippen LogP contribution >= 0.6 is 0 Å². The summed E-state index contributed by atoms with van der Waals surface area (Å²) in [6, 6.07) is 4.08. The van der Waals surface area contributed by atoms with E-state index >= 15 is 0 Å². The molecule has 1 aromatic heterocycles. The molecule has 112 valence electrons. The van der Waals surface area contributed by atoms with Gasteiger partial charge in [-0.25, -0.2) is 4.39 Å². The fourth-order valence-electron chi connectivity index (χ4n) is 2.36. The summed E-state index contributed by atoms with van der Waals surface area (Å²) in [6.07, 6.45) is -4.71. The molecule has 0 saturated carbocycles. The molecule has 0 fully saturated rings. The van der Waals surface area contributed by atoms with Crippen LogP contribution in [-0.4, -0.2) is 17.4 Å². The van der Waals surface area contributed by atoms with Crippen LogP contribution in [-0.2, 0) is 4.74 Å².